The summed E-state index contributed by atoms with van der Waals surface area (Å²) in [5.41, 5.74) is 7.92. The number of benzene rings is 1. The van der Waals surface area contributed by atoms with Crippen molar-refractivity contribution in [3.05, 3.63) is 85.2 Å². The van der Waals surface area contributed by atoms with Crippen molar-refractivity contribution in [2.75, 3.05) is 0 Å². The van der Waals surface area contributed by atoms with Crippen molar-refractivity contribution in [3.63, 3.8) is 0 Å². The summed E-state index contributed by atoms with van der Waals surface area (Å²) in [6.45, 7) is 10.3. The van der Waals surface area contributed by atoms with Gasteiger partial charge in [-0.15, -0.1) is 0 Å². The third kappa shape index (κ3) is 4.22. The van der Waals surface area contributed by atoms with Crippen molar-refractivity contribution >= 4 is 12.2 Å². The van der Waals surface area contributed by atoms with E-state index in [-0.39, 0.29) is 0 Å². The van der Waals surface area contributed by atoms with Crippen LogP contribution in [0.3, 0.4) is 0 Å². The maximum atomic E-state index is 4.89. The molecule has 4 heteroatoms. The van der Waals surface area contributed by atoms with E-state index < -0.39 is 0 Å². The minimum atomic E-state index is 0.358. The molecule has 0 bridgehead atoms. The first-order chi connectivity index (χ1) is 15.8. The molecule has 0 saturated carbocycles. The van der Waals surface area contributed by atoms with Gasteiger partial charge in [0.1, 0.15) is 0 Å². The van der Waals surface area contributed by atoms with E-state index in [1.54, 1.807) is 0 Å². The molecular formula is C29H30BN3. The Kier molecular flexibility index (Phi) is 5.40. The van der Waals surface area contributed by atoms with E-state index in [0.717, 1.165) is 28.3 Å². The summed E-state index contributed by atoms with van der Waals surface area (Å²) in [7, 11) is 0. The van der Waals surface area contributed by atoms with E-state index in [0.29, 0.717) is 17.5 Å². The number of rotatable bonds is 4. The molecular weight excluding hydrogens is 401 g/mol. The maximum Gasteiger partial charge on any atom is 0.176 e. The van der Waals surface area contributed by atoms with Gasteiger partial charge in [0.15, 0.2) is 6.71 Å². The zero-order valence-corrected chi connectivity index (χ0v) is 19.9. The number of hydrogen-bond acceptors (Lipinski definition) is 3. The van der Waals surface area contributed by atoms with Crippen molar-refractivity contribution in [1.82, 2.24) is 15.0 Å². The lowest BCUT2D eigenvalue weighted by Crippen LogP contribution is -2.27. The van der Waals surface area contributed by atoms with Crippen molar-refractivity contribution < 1.29 is 0 Å². The summed E-state index contributed by atoms with van der Waals surface area (Å²) >= 11 is 0. The largest absolute Gasteiger partial charge is 0.255 e. The molecule has 3 aromatic heterocycles. The number of hydrogen-bond donors (Lipinski definition) is 0. The second kappa shape index (κ2) is 8.26. The molecule has 3 nitrogen and oxygen atoms in total. The maximum absolute atomic E-state index is 4.89. The summed E-state index contributed by atoms with van der Waals surface area (Å²) < 4.78 is 0. The van der Waals surface area contributed by atoms with Gasteiger partial charge in [-0.25, -0.2) is 4.98 Å². The number of pyridine rings is 3. The normalized spacial score (nSPS) is 16.7. The standard InChI is InChI=1S/C29H30BN3/c1-28(2)19-30(20-29(28,3)4)23-13-11-21(12-14-23)22-17-26(24-9-5-7-15-31-24)33-27(18-22)25-10-6-8-16-32-25/h5-18H,19-20H2,1-4H3. The quantitative estimate of drug-likeness (QED) is 0.340. The zero-order valence-electron chi connectivity index (χ0n) is 19.9. The van der Waals surface area contributed by atoms with E-state index >= 15 is 0 Å². The van der Waals surface area contributed by atoms with Crippen LogP contribution in [0.25, 0.3) is 33.9 Å². The van der Waals surface area contributed by atoms with Crippen LogP contribution in [0.15, 0.2) is 85.2 Å². The lowest BCUT2D eigenvalue weighted by molar-refractivity contribution is 0.177. The van der Waals surface area contributed by atoms with Crippen LogP contribution in [-0.4, -0.2) is 21.7 Å². The van der Waals surface area contributed by atoms with Crippen molar-refractivity contribution in [1.29, 1.82) is 0 Å². The first-order valence-electron chi connectivity index (χ1n) is 11.8. The molecule has 4 heterocycles. The predicted molar refractivity (Wildman–Crippen MR) is 139 cm³/mol. The molecule has 0 N–H and O–H groups in total. The van der Waals surface area contributed by atoms with Crippen LogP contribution in [-0.2, 0) is 0 Å². The first kappa shape index (κ1) is 21.6. The van der Waals surface area contributed by atoms with Crippen LogP contribution in [0.5, 0.6) is 0 Å². The van der Waals surface area contributed by atoms with Crippen molar-refractivity contribution in [3.8, 4) is 33.9 Å². The Balaban J connectivity index is 1.52. The number of nitrogens with zero attached hydrogens (tertiary/aromatic N) is 3. The zero-order chi connectivity index (χ0) is 23.1. The van der Waals surface area contributed by atoms with Crippen LogP contribution in [0.4, 0.5) is 0 Å². The van der Waals surface area contributed by atoms with Crippen LogP contribution in [0, 0.1) is 10.8 Å². The van der Waals surface area contributed by atoms with E-state index in [4.69, 9.17) is 4.98 Å². The molecule has 0 aliphatic carbocycles. The molecule has 1 aliphatic heterocycles. The van der Waals surface area contributed by atoms with Gasteiger partial charge < -0.3 is 0 Å². The molecule has 0 spiro atoms. The Morgan fingerprint density at radius 1 is 0.606 bits per heavy atom. The molecule has 33 heavy (non-hydrogen) atoms. The highest BCUT2D eigenvalue weighted by Crippen LogP contribution is 2.52. The van der Waals surface area contributed by atoms with Crippen molar-refractivity contribution in [2.45, 2.75) is 40.3 Å². The minimum Gasteiger partial charge on any atom is -0.255 e. The third-order valence-corrected chi connectivity index (χ3v) is 7.74. The second-order valence-corrected chi connectivity index (χ2v) is 10.6. The minimum absolute atomic E-state index is 0.358. The fourth-order valence-corrected chi connectivity index (χ4v) is 5.03. The molecule has 0 unspecified atom stereocenters. The Labute approximate surface area is 197 Å². The van der Waals surface area contributed by atoms with Gasteiger partial charge in [-0.05, 0) is 58.4 Å². The van der Waals surface area contributed by atoms with Gasteiger partial charge in [0.25, 0.3) is 0 Å². The predicted octanol–water partition coefficient (Wildman–Crippen LogP) is 6.64. The Hall–Kier alpha value is -3.27. The highest BCUT2D eigenvalue weighted by molar-refractivity contribution is 6.74. The first-order valence-corrected chi connectivity index (χ1v) is 11.8. The summed E-state index contributed by atoms with van der Waals surface area (Å²) in [5.74, 6) is 0. The van der Waals surface area contributed by atoms with Crippen LogP contribution < -0.4 is 5.46 Å². The molecule has 164 valence electrons. The van der Waals surface area contributed by atoms with Gasteiger partial charge in [-0.1, -0.05) is 82.2 Å². The van der Waals surface area contributed by atoms with Gasteiger partial charge in [-0.3, -0.25) is 9.97 Å². The molecule has 1 aliphatic rings. The summed E-state index contributed by atoms with van der Waals surface area (Å²) in [6, 6.07) is 25.3. The Morgan fingerprint density at radius 3 is 1.58 bits per heavy atom. The lowest BCUT2D eigenvalue weighted by Gasteiger charge is -2.35. The fraction of sp³-hybridized carbons (Fsp3) is 0.276. The third-order valence-electron chi connectivity index (χ3n) is 7.74. The van der Waals surface area contributed by atoms with E-state index in [2.05, 4.69) is 74.1 Å². The lowest BCUT2D eigenvalue weighted by atomic mass is 9.42. The van der Waals surface area contributed by atoms with Gasteiger partial charge in [0, 0.05) is 12.4 Å². The summed E-state index contributed by atoms with van der Waals surface area (Å²) in [6.07, 6.45) is 6.09. The second-order valence-electron chi connectivity index (χ2n) is 10.6. The average Bonchev–Trinajstić information content (AvgIpc) is 3.07. The SMILES string of the molecule is CC1(C)CB(c2ccc(-c3cc(-c4ccccn4)nc(-c4ccccn4)c3)cc2)CC1(C)C. The van der Waals surface area contributed by atoms with Gasteiger partial charge in [-0.2, -0.15) is 0 Å². The smallest absolute Gasteiger partial charge is 0.176 e. The molecule has 4 aromatic rings. The van der Waals surface area contributed by atoms with Crippen LogP contribution in [0.1, 0.15) is 27.7 Å². The van der Waals surface area contributed by atoms with Gasteiger partial charge in [0.2, 0.25) is 0 Å². The highest BCUT2D eigenvalue weighted by Gasteiger charge is 2.47. The molecule has 0 amide bonds. The van der Waals surface area contributed by atoms with Crippen LogP contribution in [0.2, 0.25) is 12.6 Å². The van der Waals surface area contributed by atoms with Gasteiger partial charge in [0.05, 0.1) is 22.8 Å². The summed E-state index contributed by atoms with van der Waals surface area (Å²) in [4.78, 5) is 13.9. The molecule has 5 rings (SSSR count). The monoisotopic (exact) mass is 431 g/mol. The Morgan fingerprint density at radius 2 is 1.12 bits per heavy atom. The topological polar surface area (TPSA) is 38.7 Å². The Bertz CT molecular complexity index is 1180. The molecule has 0 radical (unpaired) electrons. The molecule has 1 saturated heterocycles. The van der Waals surface area contributed by atoms with Crippen molar-refractivity contribution in [2.24, 2.45) is 10.8 Å². The highest BCUT2D eigenvalue weighted by atomic mass is 14.8. The van der Waals surface area contributed by atoms with E-state index in [1.807, 2.05) is 48.8 Å². The van der Waals surface area contributed by atoms with E-state index in [1.165, 1.54) is 23.7 Å². The van der Waals surface area contributed by atoms with E-state index in [9.17, 15) is 0 Å². The molecule has 0 atom stereocenters. The average molecular weight is 431 g/mol. The van der Waals surface area contributed by atoms with Gasteiger partial charge >= 0.3 is 0 Å². The molecule has 1 fully saturated rings. The number of aromatic nitrogens is 3. The molecule has 1 aromatic carbocycles. The van der Waals surface area contributed by atoms with Crippen LogP contribution >= 0.6 is 0 Å². The summed E-state index contributed by atoms with van der Waals surface area (Å²) in [5, 5.41) is 0. The fourth-order valence-electron chi connectivity index (χ4n) is 5.03.